The predicted octanol–water partition coefficient (Wildman–Crippen LogP) is 2.65. The van der Waals surface area contributed by atoms with Crippen LogP contribution in [0.1, 0.15) is 16.1 Å². The summed E-state index contributed by atoms with van der Waals surface area (Å²) >= 11 is 0. The van der Waals surface area contributed by atoms with E-state index < -0.39 is 5.91 Å². The van der Waals surface area contributed by atoms with Gasteiger partial charge in [-0.3, -0.25) is 4.79 Å². The summed E-state index contributed by atoms with van der Waals surface area (Å²) in [6.07, 6.45) is 0. The highest BCUT2D eigenvalue weighted by atomic mass is 16.3. The maximum Gasteiger partial charge on any atom is 0.286 e. The van der Waals surface area contributed by atoms with Crippen molar-refractivity contribution in [3.63, 3.8) is 0 Å². The van der Waals surface area contributed by atoms with Crippen molar-refractivity contribution in [2.24, 2.45) is 5.73 Å². The predicted molar refractivity (Wildman–Crippen MR) is 79.3 cm³/mol. The van der Waals surface area contributed by atoms with E-state index in [2.05, 4.69) is 6.07 Å². The number of nitrogens with two attached hydrogens (primary N) is 2. The van der Waals surface area contributed by atoms with Gasteiger partial charge in [0.1, 0.15) is 5.58 Å². The van der Waals surface area contributed by atoms with Gasteiger partial charge in [0.25, 0.3) is 5.91 Å². The largest absolute Gasteiger partial charge is 0.449 e. The van der Waals surface area contributed by atoms with Crippen LogP contribution in [0.5, 0.6) is 0 Å². The normalized spacial score (nSPS) is 10.4. The van der Waals surface area contributed by atoms with Gasteiger partial charge in [0.05, 0.1) is 17.3 Å². The minimum atomic E-state index is -0.706. The molecule has 102 valence electrons. The van der Waals surface area contributed by atoms with Crippen molar-refractivity contribution in [1.29, 1.82) is 5.26 Å². The molecule has 0 aliphatic heterocycles. The zero-order valence-corrected chi connectivity index (χ0v) is 11.0. The summed E-state index contributed by atoms with van der Waals surface area (Å²) in [6, 6.07) is 14.7. The zero-order valence-electron chi connectivity index (χ0n) is 11.0. The lowest BCUT2D eigenvalue weighted by atomic mass is 9.99. The molecule has 1 heterocycles. The fraction of sp³-hybridized carbons (Fsp3) is 0. The van der Waals surface area contributed by atoms with Crippen LogP contribution >= 0.6 is 0 Å². The average Bonchev–Trinajstić information content (AvgIpc) is 2.84. The van der Waals surface area contributed by atoms with Gasteiger partial charge >= 0.3 is 0 Å². The van der Waals surface area contributed by atoms with E-state index in [1.807, 2.05) is 18.2 Å². The van der Waals surface area contributed by atoms with Crippen molar-refractivity contribution < 1.29 is 9.21 Å². The van der Waals surface area contributed by atoms with Crippen LogP contribution in [0.4, 0.5) is 5.69 Å². The van der Waals surface area contributed by atoms with Gasteiger partial charge in [-0.25, -0.2) is 0 Å². The molecule has 0 atom stereocenters. The SMILES string of the molecule is N#Cc1ccccc1-c1ccc2c(N)c(C(N)=O)oc2c1. The summed E-state index contributed by atoms with van der Waals surface area (Å²) in [4.78, 5) is 11.3. The van der Waals surface area contributed by atoms with E-state index in [0.717, 1.165) is 11.1 Å². The molecule has 21 heavy (non-hydrogen) atoms. The number of carbonyl (C=O) groups excluding carboxylic acids is 1. The third-order valence-corrected chi connectivity index (χ3v) is 3.31. The number of carbonyl (C=O) groups is 1. The van der Waals surface area contributed by atoms with Gasteiger partial charge in [-0.1, -0.05) is 24.3 Å². The van der Waals surface area contributed by atoms with E-state index in [-0.39, 0.29) is 11.4 Å². The van der Waals surface area contributed by atoms with Gasteiger partial charge in [0.2, 0.25) is 5.76 Å². The molecule has 5 heteroatoms. The van der Waals surface area contributed by atoms with Crippen LogP contribution in [0.3, 0.4) is 0 Å². The number of hydrogen-bond acceptors (Lipinski definition) is 4. The van der Waals surface area contributed by atoms with E-state index in [9.17, 15) is 4.79 Å². The summed E-state index contributed by atoms with van der Waals surface area (Å²) < 4.78 is 5.41. The Labute approximate surface area is 120 Å². The van der Waals surface area contributed by atoms with Gasteiger partial charge < -0.3 is 15.9 Å². The van der Waals surface area contributed by atoms with E-state index >= 15 is 0 Å². The number of fused-ring (bicyclic) bond motifs is 1. The molecule has 0 saturated heterocycles. The number of amides is 1. The monoisotopic (exact) mass is 277 g/mol. The van der Waals surface area contributed by atoms with Gasteiger partial charge in [-0.05, 0) is 29.3 Å². The molecular formula is C16H11N3O2. The van der Waals surface area contributed by atoms with Crippen molar-refractivity contribution >= 4 is 22.6 Å². The molecule has 3 aromatic rings. The highest BCUT2D eigenvalue weighted by Crippen LogP contribution is 2.32. The number of nitriles is 1. The number of benzene rings is 2. The average molecular weight is 277 g/mol. The summed E-state index contributed by atoms with van der Waals surface area (Å²) in [5.74, 6) is -0.751. The lowest BCUT2D eigenvalue weighted by Crippen LogP contribution is -2.11. The van der Waals surface area contributed by atoms with Gasteiger partial charge in [0, 0.05) is 5.39 Å². The number of hydrogen-bond donors (Lipinski definition) is 2. The number of rotatable bonds is 2. The molecule has 0 bridgehead atoms. The Balaban J connectivity index is 2.23. The minimum absolute atomic E-state index is 0.0456. The molecule has 0 aliphatic carbocycles. The highest BCUT2D eigenvalue weighted by molar-refractivity contribution is 6.05. The molecule has 1 aromatic heterocycles. The molecule has 0 unspecified atom stereocenters. The van der Waals surface area contributed by atoms with E-state index in [0.29, 0.717) is 16.5 Å². The molecule has 0 radical (unpaired) electrons. The molecule has 3 rings (SSSR count). The third kappa shape index (κ3) is 1.99. The Morgan fingerprint density at radius 3 is 2.67 bits per heavy atom. The molecule has 1 amide bonds. The van der Waals surface area contributed by atoms with Crippen molar-refractivity contribution in [3.8, 4) is 17.2 Å². The van der Waals surface area contributed by atoms with Gasteiger partial charge in [0.15, 0.2) is 0 Å². The van der Waals surface area contributed by atoms with Gasteiger partial charge in [-0.2, -0.15) is 5.26 Å². The molecule has 0 saturated carbocycles. The van der Waals surface area contributed by atoms with Crippen LogP contribution in [-0.4, -0.2) is 5.91 Å². The van der Waals surface area contributed by atoms with Crippen LogP contribution in [0.15, 0.2) is 46.9 Å². The molecular weight excluding hydrogens is 266 g/mol. The second-order valence-electron chi connectivity index (χ2n) is 4.58. The van der Waals surface area contributed by atoms with E-state index in [1.165, 1.54) is 0 Å². The first kappa shape index (κ1) is 12.8. The summed E-state index contributed by atoms with van der Waals surface area (Å²) in [5, 5.41) is 9.79. The molecule has 0 spiro atoms. The molecule has 5 nitrogen and oxygen atoms in total. The van der Waals surface area contributed by atoms with Crippen LogP contribution in [-0.2, 0) is 0 Å². The highest BCUT2D eigenvalue weighted by Gasteiger charge is 2.16. The van der Waals surface area contributed by atoms with Crippen LogP contribution in [0.2, 0.25) is 0 Å². The number of nitrogen functional groups attached to an aromatic ring is 1. The first-order valence-corrected chi connectivity index (χ1v) is 6.23. The third-order valence-electron chi connectivity index (χ3n) is 3.31. The second kappa shape index (κ2) is 4.69. The minimum Gasteiger partial charge on any atom is -0.449 e. The van der Waals surface area contributed by atoms with Crippen molar-refractivity contribution in [3.05, 3.63) is 53.8 Å². The zero-order chi connectivity index (χ0) is 15.0. The van der Waals surface area contributed by atoms with Crippen LogP contribution in [0, 0.1) is 11.3 Å². The maximum absolute atomic E-state index is 11.3. The number of primary amides is 1. The molecule has 0 aliphatic rings. The standard InChI is InChI=1S/C16H11N3O2/c17-8-10-3-1-2-4-11(10)9-5-6-12-13(7-9)21-15(14(12)18)16(19)20/h1-7H,18H2,(H2,19,20). The smallest absolute Gasteiger partial charge is 0.286 e. The molecule has 4 N–H and O–H groups in total. The van der Waals surface area contributed by atoms with Gasteiger partial charge in [-0.15, -0.1) is 0 Å². The number of furan rings is 1. The first-order chi connectivity index (χ1) is 10.1. The second-order valence-corrected chi connectivity index (χ2v) is 4.58. The van der Waals surface area contributed by atoms with Crippen molar-refractivity contribution in [2.45, 2.75) is 0 Å². The van der Waals surface area contributed by atoms with Crippen molar-refractivity contribution in [2.75, 3.05) is 5.73 Å². The van der Waals surface area contributed by atoms with Crippen LogP contribution in [0.25, 0.3) is 22.1 Å². The fourth-order valence-electron chi connectivity index (χ4n) is 2.30. The quantitative estimate of drug-likeness (QED) is 0.750. The maximum atomic E-state index is 11.3. The Morgan fingerprint density at radius 1 is 1.19 bits per heavy atom. The Hall–Kier alpha value is -3.26. The molecule has 0 fully saturated rings. The Kier molecular flexibility index (Phi) is 2.85. The summed E-state index contributed by atoms with van der Waals surface area (Å²) in [5.41, 5.74) is 13.9. The van der Waals surface area contributed by atoms with Crippen molar-refractivity contribution in [1.82, 2.24) is 0 Å². The fourth-order valence-corrected chi connectivity index (χ4v) is 2.30. The number of anilines is 1. The lowest BCUT2D eigenvalue weighted by molar-refractivity contribution is 0.0977. The van der Waals surface area contributed by atoms with Crippen LogP contribution < -0.4 is 11.5 Å². The van der Waals surface area contributed by atoms with E-state index in [1.54, 1.807) is 24.3 Å². The number of nitrogens with zero attached hydrogens (tertiary/aromatic N) is 1. The topological polar surface area (TPSA) is 106 Å². The Bertz CT molecular complexity index is 904. The summed E-state index contributed by atoms with van der Waals surface area (Å²) in [6.45, 7) is 0. The summed E-state index contributed by atoms with van der Waals surface area (Å²) in [7, 11) is 0. The lowest BCUT2D eigenvalue weighted by Gasteiger charge is -2.03. The Morgan fingerprint density at radius 2 is 1.95 bits per heavy atom. The molecule has 2 aromatic carbocycles. The first-order valence-electron chi connectivity index (χ1n) is 6.23. The van der Waals surface area contributed by atoms with E-state index in [4.69, 9.17) is 21.1 Å².